The summed E-state index contributed by atoms with van der Waals surface area (Å²) < 4.78 is 62.0. The zero-order chi connectivity index (χ0) is 106. The third-order valence-corrected chi connectivity index (χ3v) is 25.6. The van der Waals surface area contributed by atoms with Crippen LogP contribution in [0.1, 0.15) is 119 Å². The number of nitrogen functional groups attached to an aromatic ring is 3. The van der Waals surface area contributed by atoms with E-state index in [9.17, 15) is 52.4 Å². The van der Waals surface area contributed by atoms with Gasteiger partial charge in [-0.05, 0) is 163 Å². The number of phenolic OH excluding ortho intramolecular Hbond substituents is 2. The van der Waals surface area contributed by atoms with Crippen LogP contribution in [0.4, 0.5) is 63.5 Å². The van der Waals surface area contributed by atoms with Gasteiger partial charge in [-0.25, -0.2) is 52.4 Å². The number of benzene rings is 9. The lowest BCUT2D eigenvalue weighted by Gasteiger charge is -2.44. The highest BCUT2D eigenvalue weighted by Gasteiger charge is 2.32. The summed E-state index contributed by atoms with van der Waals surface area (Å²) >= 11 is 0. The Morgan fingerprint density at radius 1 is 0.400 bits per heavy atom. The topological polar surface area (TPSA) is 449 Å². The molecule has 30 nitrogen and oxygen atoms in total. The highest BCUT2D eigenvalue weighted by atomic mass is 19.1. The number of primary amides is 2. The van der Waals surface area contributed by atoms with Crippen molar-refractivity contribution in [2.45, 2.75) is 141 Å². The Labute approximate surface area is 869 Å². The summed E-state index contributed by atoms with van der Waals surface area (Å²) in [7, 11) is 0. The van der Waals surface area contributed by atoms with Crippen LogP contribution in [0.5, 0.6) is 11.5 Å². The Bertz CT molecular complexity index is 7140. The molecule has 16 aromatic rings. The standard InChI is InChI=1S/C22H26N4O2.C20H19F2N3O.C19H18F2N2O2.C19H21N5.C18H23N5O.C18H20N4O/c23-21(27)10-9-19-15-25(17-4-2-1-3-5-17)12-13-26(19)18-8-6-16-7-11-22(28)24-20(16)14-18;1-13(23)7-19-18(10-14-5-3-2-4-6-14)24-12-25(19)11-15-8-16(21)20(26)17(22)9-15;1-12(24)7-17-18(14-5-3-2-4-6-14)22-11-23(17)10-13-8-15(20)19(25)16(21)9-13;1-14(20)9-18-17(10-15-5-3-2-4-6-15)23-13-24(18)12-16-7-8-22-19(21)11-16;19-17-12-15(8-9-21-17)23-11-10-22(14-4-2-1-3-5-14)13-16(23)6-7-18(20)24;1-13(23)9-16-18(15-5-3-2-4-6-15)21-12-22(16)11-14-7-8-20-17(19)10-14/h1-6,8,14,19H,7,9-13,15H2,(H2,23,27)(H,24,28);2-6,8-9,12,26H,1,7,10-11,23H2;2-6,8-9,11-12,24-25H,7,10H2,1H3;2-8,11,13H,1,9-10,12,20H2,(H2,21,22);1-5,8-9,12,16H,6-7,10-11,13H2,(H2,19,21)(H2,20,24);2-8,10,12-13,23H,9,11H2,1H3,(H2,19,20). The third-order valence-electron chi connectivity index (χ3n) is 25.6. The van der Waals surface area contributed by atoms with E-state index in [1.165, 1.54) is 22.5 Å². The molecule has 2 fully saturated rings. The lowest BCUT2D eigenvalue weighted by Crippen LogP contribution is -2.53. The van der Waals surface area contributed by atoms with Crippen LogP contribution in [0, 0.1) is 23.3 Å². The van der Waals surface area contributed by atoms with Crippen molar-refractivity contribution in [1.82, 2.24) is 53.2 Å². The molecule has 3 aliphatic rings. The largest absolute Gasteiger partial charge is 0.503 e. The number of aromatic nitrogens is 11. The van der Waals surface area contributed by atoms with Crippen molar-refractivity contribution in [3.63, 3.8) is 0 Å². The number of carbonyl (C=O) groups excluding carboxylic acids is 3. The SMILES string of the molecule is C=C(N)Cc1c(Cc2ccccc2)ncn1Cc1cc(F)c(O)c(F)c1.C=C(N)Cc1c(Cc2ccccc2)ncn1Cc1ccnc(N)c1.CC(O)Cc1c(-c2ccccc2)ncn1Cc1cc(F)c(O)c(F)c1.CC(O)Cc1c(-c2ccccc2)ncn1Cc1ccnc(N)c1.NC(=O)CCC1CN(c2ccccc2)CCN1c1ccc2c(c1)NC(=O)CC2.NC(=O)CCC1CN(c2ccccc2)CCN1c1ccnc(N)c1. The first-order chi connectivity index (χ1) is 72.4. The summed E-state index contributed by atoms with van der Waals surface area (Å²) in [6, 6.07) is 82.9. The van der Waals surface area contributed by atoms with Crippen LogP contribution in [-0.4, -0.2) is 155 Å². The summed E-state index contributed by atoms with van der Waals surface area (Å²) in [5, 5.41) is 41.1. The molecule has 0 radical (unpaired) electrons. The Balaban J connectivity index is 0.000000142. The molecule has 19 N–H and O–H groups in total. The number of imidazole rings is 4. The number of rotatable bonds is 32. The van der Waals surface area contributed by atoms with Gasteiger partial charge in [-0.1, -0.05) is 177 Å². The van der Waals surface area contributed by atoms with Gasteiger partial charge in [0.15, 0.2) is 34.8 Å². The Morgan fingerprint density at radius 3 is 1.13 bits per heavy atom. The maximum Gasteiger partial charge on any atom is 0.224 e. The molecule has 19 rings (SSSR count). The number of aryl methyl sites for hydroxylation is 1. The van der Waals surface area contributed by atoms with E-state index in [1.807, 2.05) is 195 Å². The Morgan fingerprint density at radius 2 is 0.753 bits per heavy atom. The number of nitrogens with one attached hydrogen (secondary N) is 1. The number of fused-ring (bicyclic) bond motifs is 1. The number of amides is 3. The number of aliphatic hydroxyl groups is 2. The quantitative estimate of drug-likeness (QED) is 0.0174. The number of piperazine rings is 2. The zero-order valence-corrected chi connectivity index (χ0v) is 83.9. The first-order valence-electron chi connectivity index (χ1n) is 49.5. The van der Waals surface area contributed by atoms with Crippen molar-refractivity contribution in [1.29, 1.82) is 0 Å². The molecular weight excluding hydrogens is 1900 g/mol. The number of nitrogens with two attached hydrogens (primary N) is 7. The predicted octanol–water partition coefficient (Wildman–Crippen LogP) is 16.2. The van der Waals surface area contributed by atoms with Crippen LogP contribution in [0.25, 0.3) is 22.5 Å². The van der Waals surface area contributed by atoms with Gasteiger partial charge in [-0.15, -0.1) is 0 Å². The third kappa shape index (κ3) is 30.9. The van der Waals surface area contributed by atoms with Crippen molar-refractivity contribution in [3.8, 4) is 34.0 Å². The van der Waals surface area contributed by atoms with Gasteiger partial charge in [0.1, 0.15) is 17.5 Å². The van der Waals surface area contributed by atoms with E-state index in [0.717, 1.165) is 173 Å². The van der Waals surface area contributed by atoms with Gasteiger partial charge in [0.05, 0.1) is 60.3 Å². The molecule has 4 unspecified atom stereocenters. The van der Waals surface area contributed by atoms with Crippen LogP contribution in [0.3, 0.4) is 0 Å². The fourth-order valence-electron chi connectivity index (χ4n) is 18.4. The number of aliphatic hydroxyl groups excluding tert-OH is 2. The molecule has 7 aromatic heterocycles. The molecule has 776 valence electrons. The van der Waals surface area contributed by atoms with Gasteiger partial charge < -0.3 is 104 Å². The van der Waals surface area contributed by atoms with Crippen LogP contribution >= 0.6 is 0 Å². The number of hydrogen-bond donors (Lipinski definition) is 12. The van der Waals surface area contributed by atoms with Crippen LogP contribution < -0.4 is 65.1 Å². The first-order valence-corrected chi connectivity index (χ1v) is 49.5. The molecule has 3 amide bonds. The van der Waals surface area contributed by atoms with E-state index in [1.54, 1.807) is 54.2 Å². The molecule has 0 spiro atoms. The smallest absolute Gasteiger partial charge is 0.224 e. The van der Waals surface area contributed by atoms with E-state index >= 15 is 0 Å². The Kier molecular flexibility index (Phi) is 38.0. The second-order valence-electron chi connectivity index (χ2n) is 37.3. The van der Waals surface area contributed by atoms with E-state index in [0.29, 0.717) is 111 Å². The summed E-state index contributed by atoms with van der Waals surface area (Å²) in [6.45, 7) is 18.0. The van der Waals surface area contributed by atoms with E-state index < -0.39 is 47.0 Å². The fourth-order valence-corrected chi connectivity index (χ4v) is 18.4. The molecule has 9 aromatic carbocycles. The van der Waals surface area contributed by atoms with Gasteiger partial charge in [-0.3, -0.25) is 14.4 Å². The maximum atomic E-state index is 13.6. The van der Waals surface area contributed by atoms with E-state index in [2.05, 4.69) is 137 Å². The molecule has 3 aliphatic heterocycles. The zero-order valence-electron chi connectivity index (χ0n) is 83.9. The highest BCUT2D eigenvalue weighted by molar-refractivity contribution is 5.94. The molecule has 0 aliphatic carbocycles. The van der Waals surface area contributed by atoms with E-state index in [-0.39, 0.29) is 42.9 Å². The normalized spacial score (nSPS) is 13.9. The number of pyridine rings is 3. The van der Waals surface area contributed by atoms with Gasteiger partial charge in [0.2, 0.25) is 17.7 Å². The molecule has 10 heterocycles. The highest BCUT2D eigenvalue weighted by Crippen LogP contribution is 2.36. The number of para-hydroxylation sites is 2. The molecule has 2 saturated heterocycles. The second-order valence-corrected chi connectivity index (χ2v) is 37.3. The minimum Gasteiger partial charge on any atom is -0.503 e. The molecular formula is C116H127F4N23O7. The maximum absolute atomic E-state index is 13.6. The lowest BCUT2D eigenvalue weighted by molar-refractivity contribution is -0.119. The number of anilines is 8. The van der Waals surface area contributed by atoms with Crippen molar-refractivity contribution in [3.05, 3.63) is 426 Å². The second kappa shape index (κ2) is 52.6. The number of allylic oxidation sites excluding steroid dienone is 2. The van der Waals surface area contributed by atoms with E-state index in [4.69, 9.17) is 40.1 Å². The van der Waals surface area contributed by atoms with Crippen LogP contribution in [-0.2, 0) is 85.5 Å². The fraction of sp³-hybridized carbons (Fsp3) is 0.241. The van der Waals surface area contributed by atoms with Crippen molar-refractivity contribution in [2.24, 2.45) is 22.9 Å². The van der Waals surface area contributed by atoms with Crippen molar-refractivity contribution >= 4 is 63.6 Å². The van der Waals surface area contributed by atoms with Crippen LogP contribution in [0.2, 0.25) is 0 Å². The summed E-state index contributed by atoms with van der Waals surface area (Å²) in [4.78, 5) is 73.9. The molecule has 150 heavy (non-hydrogen) atoms. The monoisotopic (exact) mass is 2030 g/mol. The number of carbonyl (C=O) groups is 3. The predicted molar refractivity (Wildman–Crippen MR) is 581 cm³/mol. The van der Waals surface area contributed by atoms with Gasteiger partial charge >= 0.3 is 0 Å². The lowest BCUT2D eigenvalue weighted by atomic mass is 10.00. The molecule has 0 saturated carbocycles. The number of halogens is 4. The minimum absolute atomic E-state index is 0.0730. The first kappa shape index (κ1) is 108. The number of hydrogen-bond acceptors (Lipinski definition) is 23. The average molecular weight is 2030 g/mol. The summed E-state index contributed by atoms with van der Waals surface area (Å²) in [5.74, 6) is -4.88. The summed E-state index contributed by atoms with van der Waals surface area (Å²) in [6.07, 6.45) is 17.8. The minimum atomic E-state index is -1.00. The van der Waals surface area contributed by atoms with Gasteiger partial charge in [0, 0.05) is 234 Å². The van der Waals surface area contributed by atoms with Gasteiger partial charge in [-0.2, -0.15) is 0 Å². The number of phenols is 2. The molecule has 4 atom stereocenters. The average Bonchev–Trinajstić information content (AvgIpc) is 1.17. The number of aromatic hydroxyl groups is 2. The van der Waals surface area contributed by atoms with Gasteiger partial charge in [0.25, 0.3) is 0 Å². The molecule has 0 bridgehead atoms. The van der Waals surface area contributed by atoms with Crippen LogP contribution in [0.15, 0.2) is 329 Å². The number of nitrogens with zero attached hydrogens (tertiary/aromatic N) is 15. The van der Waals surface area contributed by atoms with Crippen molar-refractivity contribution in [2.75, 3.05) is 81.4 Å². The Hall–Kier alpha value is -17.4. The molecule has 34 heteroatoms. The van der Waals surface area contributed by atoms with Crippen molar-refractivity contribution < 1.29 is 52.4 Å². The summed E-state index contributed by atoms with van der Waals surface area (Å²) in [5.41, 5.74) is 61.9.